The summed E-state index contributed by atoms with van der Waals surface area (Å²) in [6.07, 6.45) is 1.21. The molecule has 0 aliphatic carbocycles. The fourth-order valence-electron chi connectivity index (χ4n) is 1.56. The lowest BCUT2D eigenvalue weighted by atomic mass is 9.91. The van der Waals surface area contributed by atoms with Crippen molar-refractivity contribution in [1.29, 1.82) is 0 Å². The van der Waals surface area contributed by atoms with E-state index < -0.39 is 17.6 Å². The Morgan fingerprint density at radius 1 is 1.33 bits per heavy atom. The van der Waals surface area contributed by atoms with Crippen LogP contribution in [0.4, 0.5) is 8.78 Å². The Morgan fingerprint density at radius 2 is 2.00 bits per heavy atom. The molecule has 0 aliphatic heterocycles. The van der Waals surface area contributed by atoms with Crippen molar-refractivity contribution in [2.75, 3.05) is 0 Å². The average molecular weight is 212 g/mol. The normalized spacial score (nSPS) is 12.9. The second kappa shape index (κ2) is 5.01. The van der Waals surface area contributed by atoms with Crippen molar-refractivity contribution >= 4 is 6.29 Å². The molecular formula is C12H14F2O. The van der Waals surface area contributed by atoms with E-state index in [1.807, 2.05) is 13.8 Å². The van der Waals surface area contributed by atoms with Gasteiger partial charge in [0.05, 0.1) is 0 Å². The van der Waals surface area contributed by atoms with Gasteiger partial charge in [0.25, 0.3) is 0 Å². The number of hydrogen-bond donors (Lipinski definition) is 0. The van der Waals surface area contributed by atoms with E-state index in [9.17, 15) is 13.6 Å². The summed E-state index contributed by atoms with van der Waals surface area (Å²) in [5.74, 6) is -1.32. The maximum atomic E-state index is 13.3. The van der Waals surface area contributed by atoms with Gasteiger partial charge in [-0.1, -0.05) is 13.8 Å². The fraction of sp³-hybridized carbons (Fsp3) is 0.417. The Morgan fingerprint density at radius 3 is 2.53 bits per heavy atom. The molecule has 0 aromatic heterocycles. The van der Waals surface area contributed by atoms with Gasteiger partial charge in [-0.2, -0.15) is 0 Å². The maximum absolute atomic E-state index is 13.3. The van der Waals surface area contributed by atoms with Crippen molar-refractivity contribution in [1.82, 2.24) is 0 Å². The molecule has 0 aliphatic rings. The van der Waals surface area contributed by atoms with Crippen LogP contribution in [-0.2, 0) is 4.79 Å². The average Bonchev–Trinajstić information content (AvgIpc) is 2.18. The molecule has 1 aromatic carbocycles. The third-order valence-corrected chi connectivity index (χ3v) is 2.25. The van der Waals surface area contributed by atoms with Gasteiger partial charge >= 0.3 is 0 Å². The Bertz CT molecular complexity index is 347. The zero-order chi connectivity index (χ0) is 11.4. The molecule has 0 bridgehead atoms. The quantitative estimate of drug-likeness (QED) is 0.700. The third kappa shape index (κ3) is 3.11. The van der Waals surface area contributed by atoms with Crippen molar-refractivity contribution in [3.63, 3.8) is 0 Å². The Labute approximate surface area is 88.1 Å². The topological polar surface area (TPSA) is 17.1 Å². The highest BCUT2D eigenvalue weighted by atomic mass is 19.1. The molecule has 0 N–H and O–H groups in total. The van der Waals surface area contributed by atoms with E-state index >= 15 is 0 Å². The zero-order valence-corrected chi connectivity index (χ0v) is 8.84. The number of rotatable bonds is 4. The standard InChI is InChI=1S/C12H14F2O/c1-8(2)5-9(7-15)11-6-10(13)3-4-12(11)14/h3-4,6-9H,5H2,1-2H3. The summed E-state index contributed by atoms with van der Waals surface area (Å²) in [7, 11) is 0. The summed E-state index contributed by atoms with van der Waals surface area (Å²) in [6, 6.07) is 3.20. The van der Waals surface area contributed by atoms with Crippen LogP contribution >= 0.6 is 0 Å². The zero-order valence-electron chi connectivity index (χ0n) is 8.84. The van der Waals surface area contributed by atoms with Gasteiger partial charge in [-0.05, 0) is 30.5 Å². The second-order valence-electron chi connectivity index (χ2n) is 4.04. The summed E-state index contributed by atoms with van der Waals surface area (Å²) >= 11 is 0. The SMILES string of the molecule is CC(C)CC(C=O)c1cc(F)ccc1F. The molecule has 82 valence electrons. The molecule has 1 unspecified atom stereocenters. The predicted molar refractivity (Wildman–Crippen MR) is 54.6 cm³/mol. The molecule has 1 atom stereocenters. The van der Waals surface area contributed by atoms with E-state index in [-0.39, 0.29) is 11.5 Å². The van der Waals surface area contributed by atoms with E-state index in [1.54, 1.807) is 0 Å². The molecule has 0 saturated heterocycles. The Hall–Kier alpha value is -1.25. The largest absolute Gasteiger partial charge is 0.303 e. The van der Waals surface area contributed by atoms with Gasteiger partial charge in [0.1, 0.15) is 17.9 Å². The van der Waals surface area contributed by atoms with Crippen LogP contribution in [0.3, 0.4) is 0 Å². The van der Waals surface area contributed by atoms with Gasteiger partial charge in [0, 0.05) is 11.5 Å². The molecule has 1 aromatic rings. The van der Waals surface area contributed by atoms with E-state index in [2.05, 4.69) is 0 Å². The molecule has 0 spiro atoms. The summed E-state index contributed by atoms with van der Waals surface area (Å²) in [6.45, 7) is 3.88. The van der Waals surface area contributed by atoms with Crippen LogP contribution in [-0.4, -0.2) is 6.29 Å². The molecule has 1 nitrogen and oxygen atoms in total. The number of carbonyl (C=O) groups is 1. The molecule has 0 radical (unpaired) electrons. The predicted octanol–water partition coefficient (Wildman–Crippen LogP) is 3.29. The summed E-state index contributed by atoms with van der Waals surface area (Å²) in [4.78, 5) is 10.8. The first-order valence-electron chi connectivity index (χ1n) is 4.94. The van der Waals surface area contributed by atoms with Crippen molar-refractivity contribution in [2.24, 2.45) is 5.92 Å². The van der Waals surface area contributed by atoms with Crippen LogP contribution in [0.1, 0.15) is 31.7 Å². The first-order chi connectivity index (χ1) is 7.04. The van der Waals surface area contributed by atoms with Gasteiger partial charge in [-0.15, -0.1) is 0 Å². The first kappa shape index (κ1) is 11.8. The number of halogens is 2. The van der Waals surface area contributed by atoms with Gasteiger partial charge in [-0.25, -0.2) is 8.78 Å². The van der Waals surface area contributed by atoms with Crippen molar-refractivity contribution in [3.8, 4) is 0 Å². The lowest BCUT2D eigenvalue weighted by Gasteiger charge is -2.13. The lowest BCUT2D eigenvalue weighted by molar-refractivity contribution is -0.109. The molecule has 1 rings (SSSR count). The van der Waals surface area contributed by atoms with Crippen LogP contribution in [0.2, 0.25) is 0 Å². The Kier molecular flexibility index (Phi) is 3.95. The highest BCUT2D eigenvalue weighted by Gasteiger charge is 2.17. The maximum Gasteiger partial charge on any atom is 0.127 e. The summed E-state index contributed by atoms with van der Waals surface area (Å²) in [5.41, 5.74) is 0.152. The summed E-state index contributed by atoms with van der Waals surface area (Å²) < 4.78 is 26.2. The van der Waals surface area contributed by atoms with Gasteiger partial charge < -0.3 is 4.79 Å². The third-order valence-electron chi connectivity index (χ3n) is 2.25. The number of hydrogen-bond acceptors (Lipinski definition) is 1. The van der Waals surface area contributed by atoms with Crippen LogP contribution in [0.25, 0.3) is 0 Å². The van der Waals surface area contributed by atoms with Crippen LogP contribution < -0.4 is 0 Å². The molecule has 0 saturated carbocycles. The smallest absolute Gasteiger partial charge is 0.127 e. The van der Waals surface area contributed by atoms with Crippen molar-refractivity contribution in [2.45, 2.75) is 26.2 Å². The number of aldehydes is 1. The minimum Gasteiger partial charge on any atom is -0.303 e. The number of carbonyl (C=O) groups excluding carboxylic acids is 1. The monoisotopic (exact) mass is 212 g/mol. The van der Waals surface area contributed by atoms with Gasteiger partial charge in [0.2, 0.25) is 0 Å². The minimum absolute atomic E-state index is 0.152. The Balaban J connectivity index is 3.00. The van der Waals surface area contributed by atoms with Crippen LogP contribution in [0, 0.1) is 17.6 Å². The van der Waals surface area contributed by atoms with E-state index in [4.69, 9.17) is 0 Å². The highest BCUT2D eigenvalue weighted by molar-refractivity contribution is 5.62. The number of benzene rings is 1. The van der Waals surface area contributed by atoms with Crippen LogP contribution in [0.15, 0.2) is 18.2 Å². The molecule has 15 heavy (non-hydrogen) atoms. The molecule has 0 amide bonds. The second-order valence-corrected chi connectivity index (χ2v) is 4.04. The van der Waals surface area contributed by atoms with E-state index in [0.717, 1.165) is 18.2 Å². The van der Waals surface area contributed by atoms with Crippen LogP contribution in [0.5, 0.6) is 0 Å². The molecular weight excluding hydrogens is 198 g/mol. The molecule has 0 heterocycles. The highest BCUT2D eigenvalue weighted by Crippen LogP contribution is 2.24. The van der Waals surface area contributed by atoms with Gasteiger partial charge in [-0.3, -0.25) is 0 Å². The van der Waals surface area contributed by atoms with Crippen molar-refractivity contribution in [3.05, 3.63) is 35.4 Å². The fourth-order valence-corrected chi connectivity index (χ4v) is 1.56. The lowest BCUT2D eigenvalue weighted by Crippen LogP contribution is -2.07. The van der Waals surface area contributed by atoms with E-state index in [0.29, 0.717) is 12.7 Å². The van der Waals surface area contributed by atoms with Crippen molar-refractivity contribution < 1.29 is 13.6 Å². The van der Waals surface area contributed by atoms with Gasteiger partial charge in [0.15, 0.2) is 0 Å². The molecule has 0 fully saturated rings. The summed E-state index contributed by atoms with van der Waals surface area (Å²) in [5, 5.41) is 0. The minimum atomic E-state index is -0.555. The van der Waals surface area contributed by atoms with E-state index in [1.165, 1.54) is 0 Å². The molecule has 3 heteroatoms. The first-order valence-corrected chi connectivity index (χ1v) is 4.94.